The Bertz CT molecular complexity index is 656. The van der Waals surface area contributed by atoms with E-state index in [-0.39, 0.29) is 24.1 Å². The number of thioether (sulfide) groups is 1. The van der Waals surface area contributed by atoms with E-state index >= 15 is 0 Å². The van der Waals surface area contributed by atoms with E-state index in [0.29, 0.717) is 12.8 Å². The van der Waals surface area contributed by atoms with Gasteiger partial charge >= 0.3 is 0 Å². The molecule has 5 nitrogen and oxygen atoms in total. The van der Waals surface area contributed by atoms with Crippen LogP contribution in [-0.4, -0.2) is 40.5 Å². The van der Waals surface area contributed by atoms with Gasteiger partial charge in [0.1, 0.15) is 12.1 Å². The third-order valence-corrected chi connectivity index (χ3v) is 6.18. The number of imide groups is 1. The molecule has 3 amide bonds. The summed E-state index contributed by atoms with van der Waals surface area (Å²) in [6.07, 6.45) is 4.16. The van der Waals surface area contributed by atoms with Crippen molar-refractivity contribution in [2.45, 2.75) is 42.5 Å². The summed E-state index contributed by atoms with van der Waals surface area (Å²) < 4.78 is 0.984. The van der Waals surface area contributed by atoms with Crippen LogP contribution in [0, 0.1) is 0 Å². The molecule has 1 spiro atoms. The van der Waals surface area contributed by atoms with Gasteiger partial charge in [0.2, 0.25) is 11.8 Å². The lowest BCUT2D eigenvalue weighted by Gasteiger charge is -2.47. The van der Waals surface area contributed by atoms with Crippen LogP contribution in [-0.2, 0) is 14.4 Å². The highest BCUT2D eigenvalue weighted by atomic mass is 79.9. The predicted octanol–water partition coefficient (Wildman–Crippen LogP) is 2.73. The minimum Gasteiger partial charge on any atom is -0.318 e. The number of nitrogens with one attached hydrogen (secondary N) is 1. The highest BCUT2D eigenvalue weighted by Gasteiger charge is 2.50. The second-order valence-corrected chi connectivity index (χ2v) is 8.16. The van der Waals surface area contributed by atoms with Gasteiger partial charge in [-0.15, -0.1) is 11.8 Å². The topological polar surface area (TPSA) is 66.5 Å². The number of halogens is 1. The largest absolute Gasteiger partial charge is 0.318 e. The molecular weight excluding hydrogens is 392 g/mol. The Morgan fingerprint density at radius 3 is 2.50 bits per heavy atom. The molecule has 1 aliphatic heterocycles. The molecule has 128 valence electrons. The molecule has 0 atom stereocenters. The first kappa shape index (κ1) is 17.5. The van der Waals surface area contributed by atoms with E-state index in [0.717, 1.165) is 28.6 Å². The molecule has 1 N–H and O–H groups in total. The van der Waals surface area contributed by atoms with Crippen molar-refractivity contribution in [2.24, 2.45) is 0 Å². The fourth-order valence-corrected chi connectivity index (χ4v) is 4.45. The van der Waals surface area contributed by atoms with Crippen LogP contribution in [0.3, 0.4) is 0 Å². The summed E-state index contributed by atoms with van der Waals surface area (Å²) in [6, 6.07) is 7.72. The fourth-order valence-electron chi connectivity index (χ4n) is 3.41. The van der Waals surface area contributed by atoms with Gasteiger partial charge in [0, 0.05) is 9.37 Å². The molecule has 3 rings (SSSR count). The minimum absolute atomic E-state index is 0.0224. The normalized spacial score (nSPS) is 20.1. The Labute approximate surface area is 153 Å². The van der Waals surface area contributed by atoms with Crippen molar-refractivity contribution in [3.05, 3.63) is 28.7 Å². The molecule has 0 radical (unpaired) electrons. The van der Waals surface area contributed by atoms with Gasteiger partial charge in [-0.05, 0) is 37.1 Å². The molecule has 0 bridgehead atoms. The molecule has 1 aromatic rings. The van der Waals surface area contributed by atoms with Gasteiger partial charge in [-0.2, -0.15) is 0 Å². The van der Waals surface area contributed by atoms with Crippen LogP contribution in [0.1, 0.15) is 32.1 Å². The number of rotatable bonds is 3. The standard InChI is InChI=1S/C17H19BrN2O3S/c18-12-4-6-13(7-5-12)24-11-15(22)20-10-14(21)19-16(23)17(20)8-2-1-3-9-17/h4-7H,1-3,8-11H2,(H,19,21,23). The van der Waals surface area contributed by atoms with Gasteiger partial charge in [0.05, 0.1) is 5.75 Å². The third-order valence-electron chi connectivity index (χ3n) is 4.65. The van der Waals surface area contributed by atoms with Gasteiger partial charge in [0.15, 0.2) is 0 Å². The first-order chi connectivity index (χ1) is 11.5. The van der Waals surface area contributed by atoms with Crippen molar-refractivity contribution in [3.8, 4) is 0 Å². The summed E-state index contributed by atoms with van der Waals surface area (Å²) >= 11 is 4.81. The SMILES string of the molecule is O=C1CN(C(=O)CSc2ccc(Br)cc2)C2(CCCCC2)C(=O)N1. The molecule has 2 aliphatic rings. The molecular formula is C17H19BrN2O3S. The number of benzene rings is 1. The van der Waals surface area contributed by atoms with E-state index in [4.69, 9.17) is 0 Å². The average molecular weight is 411 g/mol. The van der Waals surface area contributed by atoms with Gasteiger partial charge in [0.25, 0.3) is 5.91 Å². The maximum Gasteiger partial charge on any atom is 0.252 e. The van der Waals surface area contributed by atoms with E-state index in [1.165, 1.54) is 16.7 Å². The third kappa shape index (κ3) is 3.52. The zero-order valence-electron chi connectivity index (χ0n) is 13.2. The molecule has 1 aliphatic carbocycles. The molecule has 7 heteroatoms. The molecule has 1 saturated heterocycles. The van der Waals surface area contributed by atoms with Crippen LogP contribution in [0.5, 0.6) is 0 Å². The number of piperazine rings is 1. The van der Waals surface area contributed by atoms with Crippen molar-refractivity contribution in [1.29, 1.82) is 0 Å². The Balaban J connectivity index is 1.73. The summed E-state index contributed by atoms with van der Waals surface area (Å²) in [6.45, 7) is -0.0224. The van der Waals surface area contributed by atoms with E-state index in [1.54, 1.807) is 0 Å². The maximum atomic E-state index is 12.8. The lowest BCUT2D eigenvalue weighted by Crippen LogP contribution is -2.69. The fraction of sp³-hybridized carbons (Fsp3) is 0.471. The molecule has 0 aromatic heterocycles. The lowest BCUT2D eigenvalue weighted by atomic mass is 9.78. The van der Waals surface area contributed by atoms with Gasteiger partial charge in [-0.25, -0.2) is 0 Å². The van der Waals surface area contributed by atoms with Crippen molar-refractivity contribution in [1.82, 2.24) is 10.2 Å². The second kappa shape index (κ2) is 7.27. The van der Waals surface area contributed by atoms with Crippen LogP contribution in [0.15, 0.2) is 33.6 Å². The summed E-state index contributed by atoms with van der Waals surface area (Å²) in [4.78, 5) is 39.5. The highest BCUT2D eigenvalue weighted by Crippen LogP contribution is 2.36. The number of amides is 3. The van der Waals surface area contributed by atoms with Crippen LogP contribution >= 0.6 is 27.7 Å². The van der Waals surface area contributed by atoms with E-state index in [1.807, 2.05) is 24.3 Å². The summed E-state index contributed by atoms with van der Waals surface area (Å²) in [5.41, 5.74) is -0.830. The Hall–Kier alpha value is -1.34. The Morgan fingerprint density at radius 1 is 1.17 bits per heavy atom. The van der Waals surface area contributed by atoms with Gasteiger partial charge < -0.3 is 4.90 Å². The first-order valence-electron chi connectivity index (χ1n) is 8.04. The van der Waals surface area contributed by atoms with Crippen molar-refractivity contribution < 1.29 is 14.4 Å². The zero-order valence-corrected chi connectivity index (χ0v) is 15.6. The highest BCUT2D eigenvalue weighted by molar-refractivity contribution is 9.10. The molecule has 24 heavy (non-hydrogen) atoms. The molecule has 1 heterocycles. The predicted molar refractivity (Wildman–Crippen MR) is 95.5 cm³/mol. The van der Waals surface area contributed by atoms with E-state index in [2.05, 4.69) is 21.2 Å². The van der Waals surface area contributed by atoms with Crippen LogP contribution in [0.25, 0.3) is 0 Å². The van der Waals surface area contributed by atoms with E-state index in [9.17, 15) is 14.4 Å². The summed E-state index contributed by atoms with van der Waals surface area (Å²) in [7, 11) is 0. The van der Waals surface area contributed by atoms with Crippen molar-refractivity contribution in [3.63, 3.8) is 0 Å². The summed E-state index contributed by atoms with van der Waals surface area (Å²) in [5.74, 6) is -0.615. The molecule has 1 saturated carbocycles. The van der Waals surface area contributed by atoms with Crippen molar-refractivity contribution >= 4 is 45.4 Å². The maximum absolute atomic E-state index is 12.8. The monoisotopic (exact) mass is 410 g/mol. The van der Waals surface area contributed by atoms with Gasteiger partial charge in [-0.3, -0.25) is 19.7 Å². The zero-order chi connectivity index (χ0) is 17.2. The smallest absolute Gasteiger partial charge is 0.252 e. The molecule has 2 fully saturated rings. The van der Waals surface area contributed by atoms with Gasteiger partial charge in [-0.1, -0.05) is 35.2 Å². The minimum atomic E-state index is -0.830. The second-order valence-electron chi connectivity index (χ2n) is 6.19. The van der Waals surface area contributed by atoms with Crippen LogP contribution in [0.2, 0.25) is 0 Å². The lowest BCUT2D eigenvalue weighted by molar-refractivity contribution is -0.158. The quantitative estimate of drug-likeness (QED) is 0.614. The number of hydrogen-bond donors (Lipinski definition) is 1. The number of hydrogen-bond acceptors (Lipinski definition) is 4. The van der Waals surface area contributed by atoms with Crippen LogP contribution in [0.4, 0.5) is 0 Å². The number of carbonyl (C=O) groups excluding carboxylic acids is 3. The van der Waals surface area contributed by atoms with Crippen molar-refractivity contribution in [2.75, 3.05) is 12.3 Å². The summed E-state index contributed by atoms with van der Waals surface area (Å²) in [5, 5.41) is 2.42. The first-order valence-corrected chi connectivity index (χ1v) is 9.82. The Kier molecular flexibility index (Phi) is 5.30. The number of nitrogens with zero attached hydrogens (tertiary/aromatic N) is 1. The average Bonchev–Trinajstić information content (AvgIpc) is 2.58. The Morgan fingerprint density at radius 2 is 1.83 bits per heavy atom. The van der Waals surface area contributed by atoms with E-state index < -0.39 is 11.4 Å². The number of carbonyl (C=O) groups is 3. The van der Waals surface area contributed by atoms with Crippen LogP contribution < -0.4 is 5.32 Å². The molecule has 1 aromatic carbocycles. The molecule has 0 unspecified atom stereocenters.